The topological polar surface area (TPSA) is 83.7 Å². The van der Waals surface area contributed by atoms with Crippen molar-refractivity contribution in [3.63, 3.8) is 0 Å². The maximum Gasteiger partial charge on any atom is 0.255 e. The molecule has 0 spiro atoms. The van der Waals surface area contributed by atoms with Gasteiger partial charge >= 0.3 is 0 Å². The first-order chi connectivity index (χ1) is 11.7. The van der Waals surface area contributed by atoms with Gasteiger partial charge in [0.1, 0.15) is 10.6 Å². The van der Waals surface area contributed by atoms with Gasteiger partial charge in [-0.3, -0.25) is 4.79 Å². The number of carbonyl (C=O) groups is 1. The molecule has 1 fully saturated rings. The van der Waals surface area contributed by atoms with Gasteiger partial charge in [0.25, 0.3) is 5.91 Å². The number of nitrogens with zero attached hydrogens (tertiary/aromatic N) is 3. The molecule has 0 atom stereocenters. The van der Waals surface area contributed by atoms with E-state index in [1.54, 1.807) is 30.1 Å². The predicted molar refractivity (Wildman–Crippen MR) is 94.4 cm³/mol. The first-order valence-electron chi connectivity index (χ1n) is 8.01. The molecule has 9 heteroatoms. The van der Waals surface area contributed by atoms with Gasteiger partial charge in [-0.15, -0.1) is 11.3 Å². The highest BCUT2D eigenvalue weighted by molar-refractivity contribution is 7.89. The molecule has 0 aliphatic carbocycles. The van der Waals surface area contributed by atoms with Crippen LogP contribution in [0.3, 0.4) is 0 Å². The van der Waals surface area contributed by atoms with Crippen molar-refractivity contribution in [1.82, 2.24) is 14.4 Å². The number of piperazine rings is 1. The number of carbonyl (C=O) groups excluding carboxylic acids is 1. The number of thiophene rings is 1. The number of sulfonamides is 1. The van der Waals surface area contributed by atoms with E-state index in [1.807, 2.05) is 19.9 Å². The second kappa shape index (κ2) is 6.54. The third-order valence-electron chi connectivity index (χ3n) is 4.36. The number of rotatable bonds is 3. The highest BCUT2D eigenvalue weighted by Gasteiger charge is 2.34. The van der Waals surface area contributed by atoms with Crippen LogP contribution in [0, 0.1) is 27.7 Å². The SMILES string of the molecule is Cc1cc(C(=O)N2CCN(S(=O)(=O)c3c(C)noc3C)CC2)c(C)s1. The number of amides is 1. The van der Waals surface area contributed by atoms with Crippen LogP contribution in [0.15, 0.2) is 15.5 Å². The zero-order chi connectivity index (χ0) is 18.4. The molecular formula is C16H21N3O4S2. The van der Waals surface area contributed by atoms with E-state index in [-0.39, 0.29) is 23.9 Å². The monoisotopic (exact) mass is 383 g/mol. The molecule has 1 amide bonds. The van der Waals surface area contributed by atoms with E-state index in [1.165, 1.54) is 4.31 Å². The van der Waals surface area contributed by atoms with E-state index < -0.39 is 10.0 Å². The van der Waals surface area contributed by atoms with Gasteiger partial charge < -0.3 is 9.42 Å². The molecule has 7 nitrogen and oxygen atoms in total. The van der Waals surface area contributed by atoms with Gasteiger partial charge in [-0.1, -0.05) is 5.16 Å². The van der Waals surface area contributed by atoms with E-state index in [2.05, 4.69) is 5.16 Å². The van der Waals surface area contributed by atoms with Crippen molar-refractivity contribution < 1.29 is 17.7 Å². The molecule has 3 heterocycles. The summed E-state index contributed by atoms with van der Waals surface area (Å²) in [7, 11) is -3.66. The van der Waals surface area contributed by atoms with E-state index in [0.717, 1.165) is 9.75 Å². The molecule has 0 aromatic carbocycles. The van der Waals surface area contributed by atoms with Crippen LogP contribution in [0.4, 0.5) is 0 Å². The van der Waals surface area contributed by atoms with Crippen molar-refractivity contribution in [2.45, 2.75) is 32.6 Å². The second-order valence-electron chi connectivity index (χ2n) is 6.18. The smallest absolute Gasteiger partial charge is 0.255 e. The van der Waals surface area contributed by atoms with Crippen molar-refractivity contribution in [3.05, 3.63) is 32.8 Å². The van der Waals surface area contributed by atoms with Gasteiger partial charge in [0.15, 0.2) is 5.76 Å². The molecule has 2 aromatic rings. The van der Waals surface area contributed by atoms with Crippen molar-refractivity contribution in [2.24, 2.45) is 0 Å². The van der Waals surface area contributed by atoms with Crippen LogP contribution in [-0.2, 0) is 10.0 Å². The molecule has 136 valence electrons. The van der Waals surface area contributed by atoms with Crippen molar-refractivity contribution in [2.75, 3.05) is 26.2 Å². The number of hydrogen-bond acceptors (Lipinski definition) is 6. The van der Waals surface area contributed by atoms with Crippen molar-refractivity contribution in [3.8, 4) is 0 Å². The van der Waals surface area contributed by atoms with Crippen LogP contribution in [0.1, 0.15) is 31.6 Å². The molecule has 1 aliphatic rings. The van der Waals surface area contributed by atoms with Gasteiger partial charge in [-0.25, -0.2) is 8.42 Å². The van der Waals surface area contributed by atoms with E-state index >= 15 is 0 Å². The standard InChI is InChI=1S/C16H21N3O4S2/c1-10-9-14(13(4)24-10)16(20)18-5-7-19(8-6-18)25(21,22)15-11(2)17-23-12(15)3/h9H,5-8H2,1-4H3. The molecule has 3 rings (SSSR count). The molecule has 25 heavy (non-hydrogen) atoms. The average Bonchev–Trinajstić information content (AvgIpc) is 3.08. The highest BCUT2D eigenvalue weighted by atomic mass is 32.2. The summed E-state index contributed by atoms with van der Waals surface area (Å²) in [6.45, 7) is 8.39. The van der Waals surface area contributed by atoms with E-state index in [0.29, 0.717) is 30.1 Å². The number of aromatic nitrogens is 1. The van der Waals surface area contributed by atoms with E-state index in [9.17, 15) is 13.2 Å². The lowest BCUT2D eigenvalue weighted by molar-refractivity contribution is 0.0697. The minimum Gasteiger partial charge on any atom is -0.360 e. The number of aryl methyl sites for hydroxylation is 4. The van der Waals surface area contributed by atoms with Crippen LogP contribution < -0.4 is 0 Å². The van der Waals surface area contributed by atoms with Gasteiger partial charge in [-0.2, -0.15) is 4.31 Å². The summed E-state index contributed by atoms with van der Waals surface area (Å²) in [5.74, 6) is 0.261. The summed E-state index contributed by atoms with van der Waals surface area (Å²) < 4.78 is 32.0. The fourth-order valence-corrected chi connectivity index (χ4v) is 5.75. The molecule has 0 bridgehead atoms. The van der Waals surface area contributed by atoms with Crippen LogP contribution in [0.5, 0.6) is 0 Å². The predicted octanol–water partition coefficient (Wildman–Crippen LogP) is 2.12. The van der Waals surface area contributed by atoms with Crippen LogP contribution >= 0.6 is 11.3 Å². The van der Waals surface area contributed by atoms with Gasteiger partial charge in [0.2, 0.25) is 10.0 Å². The Kier molecular flexibility index (Phi) is 4.74. The molecule has 1 saturated heterocycles. The fourth-order valence-electron chi connectivity index (χ4n) is 3.12. The van der Waals surface area contributed by atoms with Crippen molar-refractivity contribution in [1.29, 1.82) is 0 Å². The largest absolute Gasteiger partial charge is 0.360 e. The van der Waals surface area contributed by atoms with Crippen LogP contribution in [0.2, 0.25) is 0 Å². The molecular weight excluding hydrogens is 362 g/mol. The first-order valence-corrected chi connectivity index (χ1v) is 10.3. The van der Waals surface area contributed by atoms with E-state index in [4.69, 9.17) is 4.52 Å². The Morgan fingerprint density at radius 2 is 1.80 bits per heavy atom. The fraction of sp³-hybridized carbons (Fsp3) is 0.500. The summed E-state index contributed by atoms with van der Waals surface area (Å²) >= 11 is 1.60. The minimum absolute atomic E-state index is 0.0313. The molecule has 1 aliphatic heterocycles. The Labute approximate surface area is 151 Å². The number of hydrogen-bond donors (Lipinski definition) is 0. The third kappa shape index (κ3) is 3.23. The lowest BCUT2D eigenvalue weighted by atomic mass is 10.2. The molecule has 0 radical (unpaired) electrons. The van der Waals surface area contributed by atoms with Gasteiger partial charge in [0.05, 0.1) is 5.56 Å². The normalized spacial score (nSPS) is 16.4. The molecule has 0 N–H and O–H groups in total. The summed E-state index contributed by atoms with van der Waals surface area (Å²) in [5, 5.41) is 3.73. The zero-order valence-corrected chi connectivity index (χ0v) is 16.3. The zero-order valence-electron chi connectivity index (χ0n) is 14.7. The summed E-state index contributed by atoms with van der Waals surface area (Å²) in [5.41, 5.74) is 1.07. The van der Waals surface area contributed by atoms with Gasteiger partial charge in [-0.05, 0) is 33.8 Å². The van der Waals surface area contributed by atoms with Crippen molar-refractivity contribution >= 4 is 27.3 Å². The summed E-state index contributed by atoms with van der Waals surface area (Å²) in [6.07, 6.45) is 0. The minimum atomic E-state index is -3.66. The second-order valence-corrected chi connectivity index (χ2v) is 9.51. The Morgan fingerprint density at radius 3 is 2.28 bits per heavy atom. The van der Waals surface area contributed by atoms with Gasteiger partial charge in [0, 0.05) is 35.9 Å². The summed E-state index contributed by atoms with van der Waals surface area (Å²) in [6, 6.07) is 1.90. The quantitative estimate of drug-likeness (QED) is 0.811. The molecule has 0 unspecified atom stereocenters. The lowest BCUT2D eigenvalue weighted by Crippen LogP contribution is -2.50. The maximum absolute atomic E-state index is 12.8. The maximum atomic E-state index is 12.8. The Balaban J connectivity index is 1.74. The van der Waals surface area contributed by atoms with Crippen LogP contribution in [0.25, 0.3) is 0 Å². The Morgan fingerprint density at radius 1 is 1.16 bits per heavy atom. The van der Waals surface area contributed by atoms with Crippen LogP contribution in [-0.4, -0.2) is 54.9 Å². The third-order valence-corrected chi connectivity index (χ3v) is 7.47. The Hall–Kier alpha value is -1.71. The Bertz CT molecular complexity index is 886. The first kappa shape index (κ1) is 18.1. The average molecular weight is 383 g/mol. The molecule has 2 aromatic heterocycles. The lowest BCUT2D eigenvalue weighted by Gasteiger charge is -2.34. The molecule has 0 saturated carbocycles. The summed E-state index contributed by atoms with van der Waals surface area (Å²) in [4.78, 5) is 16.6. The highest BCUT2D eigenvalue weighted by Crippen LogP contribution is 2.26.